The number of anilines is 6. The molecule has 0 radical (unpaired) electrons. The van der Waals surface area contributed by atoms with E-state index in [2.05, 4.69) is 464 Å². The largest absolute Gasteiger partial charge is 0.310 e. The van der Waals surface area contributed by atoms with Crippen molar-refractivity contribution in [2.24, 2.45) is 0 Å². The summed E-state index contributed by atoms with van der Waals surface area (Å²) in [5, 5.41) is 19.6. The SMILES string of the molecule is CC(C)(C)c1cc2c3c(c1)N(c1c(-c4ccccc4)cc(-c4cccc5ccccc45)cc1-c1ccccc1)c1cc(-n4c5ccccc5c5c6ccccc6c6ccccc6c54)ccc1B3c1ccc(-n3c4ccccc4c4c5ccccc5c5ccccc5c43)cc1N2c1c(-c2ccccc2)cc(-c2cccc3ccccc23)cc1-c1ccccc1. The van der Waals surface area contributed by atoms with Gasteiger partial charge in [-0.15, -0.1) is 0 Å². The van der Waals surface area contributed by atoms with Crippen LogP contribution in [0.5, 0.6) is 0 Å². The third-order valence-electron chi connectivity index (χ3n) is 26.7. The van der Waals surface area contributed by atoms with Crippen LogP contribution < -0.4 is 26.2 Å². The van der Waals surface area contributed by atoms with Crippen molar-refractivity contribution in [2.45, 2.75) is 26.2 Å². The molecule has 0 N–H and O–H groups in total. The predicted octanol–water partition coefficient (Wildman–Crippen LogP) is 30.2. The van der Waals surface area contributed by atoms with E-state index in [0.29, 0.717) is 0 Å². The van der Waals surface area contributed by atoms with Gasteiger partial charge in [-0.2, -0.15) is 0 Å². The van der Waals surface area contributed by atoms with Gasteiger partial charge in [-0.25, -0.2) is 0 Å². The van der Waals surface area contributed by atoms with Gasteiger partial charge >= 0.3 is 0 Å². The molecule has 25 rings (SSSR count). The first-order chi connectivity index (χ1) is 60.7. The van der Waals surface area contributed by atoms with Crippen molar-refractivity contribution in [3.63, 3.8) is 0 Å². The number of hydrogen-bond acceptors (Lipinski definition) is 2. The molecule has 2 aliphatic rings. The molecule has 574 valence electrons. The van der Waals surface area contributed by atoms with E-state index in [1.807, 2.05) is 0 Å². The second-order valence-corrected chi connectivity index (χ2v) is 34.5. The van der Waals surface area contributed by atoms with Gasteiger partial charge in [0.1, 0.15) is 0 Å². The molecule has 4 heterocycles. The molecule has 0 unspecified atom stereocenters. The van der Waals surface area contributed by atoms with Crippen molar-refractivity contribution in [3.8, 4) is 78.1 Å². The Morgan fingerprint density at radius 2 is 0.520 bits per heavy atom. The van der Waals surface area contributed by atoms with Crippen LogP contribution in [0.1, 0.15) is 26.3 Å². The molecule has 0 spiro atoms. The fourth-order valence-corrected chi connectivity index (χ4v) is 21.3. The lowest BCUT2D eigenvalue weighted by atomic mass is 9.33. The number of rotatable bonds is 10. The third-order valence-corrected chi connectivity index (χ3v) is 26.7. The van der Waals surface area contributed by atoms with Gasteiger partial charge in [0, 0.05) is 88.7 Å². The van der Waals surface area contributed by atoms with Crippen LogP contribution in [0.2, 0.25) is 0 Å². The van der Waals surface area contributed by atoms with E-state index >= 15 is 0 Å². The molecular formula is C118H79BN4. The van der Waals surface area contributed by atoms with E-state index in [1.165, 1.54) is 130 Å². The van der Waals surface area contributed by atoms with Gasteiger partial charge in [-0.3, -0.25) is 0 Å². The molecular weight excluding hydrogens is 1480 g/mol. The summed E-state index contributed by atoms with van der Waals surface area (Å²) in [6, 6.07) is 161. The zero-order valence-electron chi connectivity index (χ0n) is 68.3. The molecule has 0 atom stereocenters. The molecule has 23 aromatic rings. The van der Waals surface area contributed by atoms with E-state index in [9.17, 15) is 0 Å². The molecule has 5 heteroatoms. The maximum atomic E-state index is 2.76. The third kappa shape index (κ3) is 10.8. The summed E-state index contributed by atoms with van der Waals surface area (Å²) in [4.78, 5) is 5.51. The topological polar surface area (TPSA) is 16.3 Å². The minimum Gasteiger partial charge on any atom is -0.310 e. The van der Waals surface area contributed by atoms with Crippen LogP contribution in [-0.2, 0) is 5.41 Å². The first-order valence-corrected chi connectivity index (χ1v) is 43.0. The van der Waals surface area contributed by atoms with Gasteiger partial charge in [-0.1, -0.05) is 373 Å². The Labute approximate surface area is 714 Å². The maximum Gasteiger partial charge on any atom is 0.252 e. The number of para-hydroxylation sites is 2. The molecule has 4 nitrogen and oxygen atoms in total. The molecule has 0 bridgehead atoms. The van der Waals surface area contributed by atoms with Crippen molar-refractivity contribution in [3.05, 3.63) is 430 Å². The van der Waals surface area contributed by atoms with Crippen LogP contribution >= 0.6 is 0 Å². The van der Waals surface area contributed by atoms with Gasteiger partial charge in [0.05, 0.1) is 33.4 Å². The summed E-state index contributed by atoms with van der Waals surface area (Å²) in [5.41, 5.74) is 31.4. The maximum absolute atomic E-state index is 2.76. The van der Waals surface area contributed by atoms with Crippen LogP contribution in [0.4, 0.5) is 34.1 Å². The second kappa shape index (κ2) is 27.5. The fourth-order valence-electron chi connectivity index (χ4n) is 21.3. The zero-order valence-corrected chi connectivity index (χ0v) is 68.3. The van der Waals surface area contributed by atoms with Crippen LogP contribution in [0.25, 0.3) is 186 Å². The number of aromatic nitrogens is 2. The van der Waals surface area contributed by atoms with Crippen molar-refractivity contribution in [2.75, 3.05) is 9.80 Å². The molecule has 0 aliphatic carbocycles. The van der Waals surface area contributed by atoms with Gasteiger partial charge in [0.2, 0.25) is 0 Å². The van der Waals surface area contributed by atoms with Crippen LogP contribution in [0.3, 0.4) is 0 Å². The normalized spacial score (nSPS) is 12.6. The molecule has 0 saturated carbocycles. The van der Waals surface area contributed by atoms with Crippen molar-refractivity contribution in [1.29, 1.82) is 0 Å². The van der Waals surface area contributed by atoms with E-state index < -0.39 is 5.41 Å². The van der Waals surface area contributed by atoms with Gasteiger partial charge in [0.25, 0.3) is 6.71 Å². The van der Waals surface area contributed by atoms with Gasteiger partial charge in [-0.05, 0) is 199 Å². The van der Waals surface area contributed by atoms with E-state index in [-0.39, 0.29) is 6.71 Å². The lowest BCUT2D eigenvalue weighted by Crippen LogP contribution is -2.61. The average Bonchev–Trinajstić information content (AvgIpc) is 1.69. The highest BCUT2D eigenvalue weighted by atomic mass is 15.2. The number of hydrogen-bond donors (Lipinski definition) is 0. The molecule has 21 aromatic carbocycles. The fraction of sp³-hybridized carbons (Fsp3) is 0.0339. The van der Waals surface area contributed by atoms with E-state index in [4.69, 9.17) is 0 Å². The molecule has 2 aliphatic heterocycles. The highest BCUT2D eigenvalue weighted by molar-refractivity contribution is 7.00. The summed E-state index contributed by atoms with van der Waals surface area (Å²) in [5.74, 6) is 0. The Morgan fingerprint density at radius 1 is 0.220 bits per heavy atom. The Morgan fingerprint density at radius 3 is 0.886 bits per heavy atom. The summed E-state index contributed by atoms with van der Waals surface area (Å²) in [7, 11) is 0. The Bertz CT molecular complexity index is 7750. The molecule has 2 aromatic heterocycles. The highest BCUT2D eigenvalue weighted by Crippen LogP contribution is 2.57. The van der Waals surface area contributed by atoms with Crippen molar-refractivity contribution < 1.29 is 0 Å². The minimum absolute atomic E-state index is 0.332. The predicted molar refractivity (Wildman–Crippen MR) is 525 cm³/mol. The second-order valence-electron chi connectivity index (χ2n) is 34.5. The van der Waals surface area contributed by atoms with Gasteiger partial charge in [0.15, 0.2) is 0 Å². The number of benzene rings is 21. The molecule has 0 fully saturated rings. The van der Waals surface area contributed by atoms with Crippen LogP contribution in [0.15, 0.2) is 425 Å². The number of nitrogens with zero attached hydrogens (tertiary/aromatic N) is 4. The first-order valence-electron chi connectivity index (χ1n) is 43.0. The summed E-state index contributed by atoms with van der Waals surface area (Å²) in [6.07, 6.45) is 0. The molecule has 123 heavy (non-hydrogen) atoms. The Balaban J connectivity index is 0.869. The molecule has 0 saturated heterocycles. The minimum atomic E-state index is -0.409. The van der Waals surface area contributed by atoms with Crippen LogP contribution in [0, 0.1) is 0 Å². The Kier molecular flexibility index (Phi) is 15.8. The summed E-state index contributed by atoms with van der Waals surface area (Å²) < 4.78 is 5.20. The van der Waals surface area contributed by atoms with E-state index in [0.717, 1.165) is 112 Å². The first kappa shape index (κ1) is 70.5. The van der Waals surface area contributed by atoms with Crippen molar-refractivity contribution in [1.82, 2.24) is 9.13 Å². The lowest BCUT2D eigenvalue weighted by molar-refractivity contribution is 0.590. The van der Waals surface area contributed by atoms with E-state index in [1.54, 1.807) is 0 Å². The summed E-state index contributed by atoms with van der Waals surface area (Å²) >= 11 is 0. The highest BCUT2D eigenvalue weighted by Gasteiger charge is 2.47. The monoisotopic (exact) mass is 1560 g/mol. The standard InChI is InChI=1S/C118H79BN4/c1-118(2,3)82-70-109-113-110(71-82)123(115-101(78-38-12-6-13-39-78)68-81(69-102(115)79-40-14-7-15-41-79)88-59-33-45-75-43-17-19-47-86(75)88)108-73-84(121-106-61-31-29-57-98(106)112-94-53-25-21-49-90(94)92-51-23-27-55-96(92)117(112)121)63-65-104(108)119(113)103-64-62-83(120-105-60-30-28-56-97(105)111-93-52-24-20-48-89(93)91-50-22-26-54-95(91)116(111)120)72-107(103)122(109)114-99(76-34-8-4-9-35-76)66-80(67-100(114)77-36-10-5-11-37-77)87-58-32-44-74-42-16-18-46-85(74)87/h4-73H,1-3H3. The lowest BCUT2D eigenvalue weighted by Gasteiger charge is -2.46. The zero-order chi connectivity index (χ0) is 81.3. The van der Waals surface area contributed by atoms with Gasteiger partial charge < -0.3 is 18.9 Å². The molecule has 0 amide bonds. The average molecular weight is 1560 g/mol. The number of fused-ring (bicyclic) bond motifs is 22. The van der Waals surface area contributed by atoms with Crippen LogP contribution in [-0.4, -0.2) is 15.8 Å². The quantitative estimate of drug-likeness (QED) is 0.100. The smallest absolute Gasteiger partial charge is 0.252 e. The van der Waals surface area contributed by atoms with Crippen molar-refractivity contribution >= 4 is 165 Å². The Hall–Kier alpha value is -15.6. The summed E-state index contributed by atoms with van der Waals surface area (Å²) in [6.45, 7) is 6.91.